The Kier molecular flexibility index (Phi) is 57.6. The largest absolute Gasteiger partial charge is 0.0925 e. The molecule has 0 heteroatoms. The van der Waals surface area contributed by atoms with E-state index in [1.54, 1.807) is 27.7 Å². The van der Waals surface area contributed by atoms with Crippen LogP contribution in [0.1, 0.15) is 167 Å². The van der Waals surface area contributed by atoms with Gasteiger partial charge in [-0.1, -0.05) is 147 Å². The zero-order chi connectivity index (χ0) is 46.1. The first-order valence-electron chi connectivity index (χ1n) is 21.7. The highest BCUT2D eigenvalue weighted by atomic mass is 14.0. The summed E-state index contributed by atoms with van der Waals surface area (Å²) >= 11 is 0. The van der Waals surface area contributed by atoms with Crippen LogP contribution < -0.4 is 0 Å². The second-order valence-corrected chi connectivity index (χ2v) is 13.6. The first-order valence-corrected chi connectivity index (χ1v) is 21.7. The molecule has 0 aliphatic heterocycles. The van der Waals surface area contributed by atoms with Gasteiger partial charge in [0, 0.05) is 12.8 Å². The maximum absolute atomic E-state index is 3.01. The molecule has 0 fully saturated rings. The van der Waals surface area contributed by atoms with Gasteiger partial charge in [0.25, 0.3) is 0 Å². The van der Waals surface area contributed by atoms with E-state index in [0.29, 0.717) is 0 Å². The fraction of sp³-hybridized carbons (Fsp3) is 0.475. The predicted octanol–water partition coefficient (Wildman–Crippen LogP) is 12.9. The van der Waals surface area contributed by atoms with Crippen molar-refractivity contribution in [1.29, 1.82) is 0 Å². The van der Waals surface area contributed by atoms with E-state index in [2.05, 4.69) is 233 Å². The lowest BCUT2D eigenvalue weighted by molar-refractivity contribution is 0.491. The quantitative estimate of drug-likeness (QED) is 0.145. The molecule has 0 radical (unpaired) electrons. The molecule has 0 saturated carbocycles. The van der Waals surface area contributed by atoms with Gasteiger partial charge in [-0.25, -0.2) is 0 Å². The Morgan fingerprint density at radius 1 is 0.328 bits per heavy atom. The van der Waals surface area contributed by atoms with E-state index in [4.69, 9.17) is 0 Å². The molecule has 0 nitrogen and oxygen atoms in total. The molecule has 0 bridgehead atoms. The second kappa shape index (κ2) is 57.6. The first kappa shape index (κ1) is 61.0. The van der Waals surface area contributed by atoms with Crippen LogP contribution in [0.2, 0.25) is 0 Å². The lowest BCUT2D eigenvalue weighted by atomic mass is 10.0. The third-order valence-electron chi connectivity index (χ3n) is 8.27. The van der Waals surface area contributed by atoms with Crippen LogP contribution in [-0.2, 0) is 0 Å². The van der Waals surface area contributed by atoms with Crippen LogP contribution in [0.4, 0.5) is 0 Å². The lowest BCUT2D eigenvalue weighted by Crippen LogP contribution is -1.91. The molecule has 0 amide bonds. The molecule has 4 atom stereocenters. The molecular formula is C61H70. The monoisotopic (exact) mass is 803 g/mol. The van der Waals surface area contributed by atoms with Crippen LogP contribution in [0.15, 0.2) is 24.3 Å². The van der Waals surface area contributed by atoms with Gasteiger partial charge in [0.15, 0.2) is 0 Å². The maximum atomic E-state index is 3.01. The summed E-state index contributed by atoms with van der Waals surface area (Å²) in [5.74, 6) is 78.8. The Bertz CT molecular complexity index is 2070. The van der Waals surface area contributed by atoms with Gasteiger partial charge in [-0.2, -0.15) is 0 Å². The Morgan fingerprint density at radius 3 is 0.951 bits per heavy atom. The summed E-state index contributed by atoms with van der Waals surface area (Å²) in [6.45, 7) is 24.9. The summed E-state index contributed by atoms with van der Waals surface area (Å²) in [5.41, 5.74) is 0. The molecule has 0 aromatic carbocycles. The van der Waals surface area contributed by atoms with E-state index in [0.717, 1.165) is 62.2 Å². The van der Waals surface area contributed by atoms with Crippen molar-refractivity contribution in [2.24, 2.45) is 23.7 Å². The molecule has 0 spiro atoms. The minimum Gasteiger partial charge on any atom is -0.0925 e. The van der Waals surface area contributed by atoms with Crippen LogP contribution in [0.5, 0.6) is 0 Å². The molecule has 0 aromatic heterocycles. The van der Waals surface area contributed by atoms with E-state index >= 15 is 0 Å². The minimum atomic E-state index is 0.756. The molecule has 0 aliphatic rings. The van der Waals surface area contributed by atoms with Crippen molar-refractivity contribution in [3.05, 3.63) is 24.3 Å². The summed E-state index contributed by atoms with van der Waals surface area (Å²) in [4.78, 5) is 0. The third-order valence-corrected chi connectivity index (χ3v) is 8.27. The summed E-state index contributed by atoms with van der Waals surface area (Å²) in [6.07, 6.45) is 23.1. The minimum absolute atomic E-state index is 0.756. The Morgan fingerprint density at radius 2 is 0.623 bits per heavy atom. The van der Waals surface area contributed by atoms with Gasteiger partial charge >= 0.3 is 0 Å². The van der Waals surface area contributed by atoms with Crippen molar-refractivity contribution in [3.8, 4) is 166 Å². The van der Waals surface area contributed by atoms with Crippen LogP contribution in [-0.4, -0.2) is 0 Å². The van der Waals surface area contributed by atoms with E-state index < -0.39 is 0 Å². The zero-order valence-electron chi connectivity index (χ0n) is 39.8. The zero-order valence-corrected chi connectivity index (χ0v) is 39.8. The second-order valence-electron chi connectivity index (χ2n) is 13.6. The van der Waals surface area contributed by atoms with E-state index in [1.807, 2.05) is 12.2 Å². The van der Waals surface area contributed by atoms with E-state index in [-0.39, 0.29) is 0 Å². The van der Waals surface area contributed by atoms with Crippen molar-refractivity contribution in [2.75, 3.05) is 0 Å². The van der Waals surface area contributed by atoms with E-state index in [1.165, 1.54) is 44.9 Å². The van der Waals surface area contributed by atoms with Gasteiger partial charge in [-0.15, -0.1) is 0 Å². The summed E-state index contributed by atoms with van der Waals surface area (Å²) in [6, 6.07) is 0. The molecule has 0 saturated heterocycles. The van der Waals surface area contributed by atoms with Crippen molar-refractivity contribution in [2.45, 2.75) is 167 Å². The normalized spacial score (nSPS) is 9.57. The lowest BCUT2D eigenvalue weighted by Gasteiger charge is -2.06. The average Bonchev–Trinajstić information content (AvgIpc) is 3.27. The van der Waals surface area contributed by atoms with Crippen LogP contribution in [0.25, 0.3) is 0 Å². The molecule has 0 heterocycles. The smallest absolute Gasteiger partial charge is 0.0101 e. The van der Waals surface area contributed by atoms with Gasteiger partial charge in [0.05, 0.1) is 0 Å². The van der Waals surface area contributed by atoms with Crippen LogP contribution in [0.3, 0.4) is 0 Å². The van der Waals surface area contributed by atoms with Gasteiger partial charge in [0.1, 0.15) is 0 Å². The molecule has 0 N–H and O–H groups in total. The molecule has 0 aromatic rings. The highest BCUT2D eigenvalue weighted by Gasteiger charge is 1.97. The van der Waals surface area contributed by atoms with Crippen LogP contribution in [0, 0.1) is 189 Å². The summed E-state index contributed by atoms with van der Waals surface area (Å²) in [7, 11) is 0. The predicted molar refractivity (Wildman–Crippen MR) is 269 cm³/mol. The van der Waals surface area contributed by atoms with Crippen molar-refractivity contribution in [1.82, 2.24) is 0 Å². The standard InChI is InChI=1S/C16H20.C15H18.2C15H16/c1-4-6-7-8-9-10-11-12-13-15-16(3)14-5-2;3*1-4-6-7-8-9-10-11-12-13-14-15(3)5-2/h11-12,16H,5,13-15H2,1-3H3;11-12,15H,5,13-14H2,1-3H3;2*15H,5,13-14H2,1-3H3/b2*12-11+;;. The van der Waals surface area contributed by atoms with E-state index in [9.17, 15) is 0 Å². The molecule has 0 aliphatic carbocycles. The molecule has 4 unspecified atom stereocenters. The summed E-state index contributed by atoms with van der Waals surface area (Å²) in [5, 5.41) is 0. The Balaban J connectivity index is -0.000000355. The van der Waals surface area contributed by atoms with Crippen LogP contribution >= 0.6 is 0 Å². The Labute approximate surface area is 378 Å². The van der Waals surface area contributed by atoms with Crippen molar-refractivity contribution >= 4 is 0 Å². The Hall–Kier alpha value is -6.68. The maximum Gasteiger partial charge on any atom is 0.0101 e. The van der Waals surface area contributed by atoms with Gasteiger partial charge in [-0.3, -0.25) is 0 Å². The highest BCUT2D eigenvalue weighted by molar-refractivity contribution is 5.41. The number of hydrogen-bond donors (Lipinski definition) is 0. The number of rotatable bonds is 15. The molecule has 61 heavy (non-hydrogen) atoms. The fourth-order valence-electron chi connectivity index (χ4n) is 3.93. The van der Waals surface area contributed by atoms with Gasteiger partial charge < -0.3 is 0 Å². The summed E-state index contributed by atoms with van der Waals surface area (Å²) < 4.78 is 0. The van der Waals surface area contributed by atoms with Gasteiger partial charge in [0.2, 0.25) is 0 Å². The highest BCUT2D eigenvalue weighted by Crippen LogP contribution is 2.12. The fourth-order valence-corrected chi connectivity index (χ4v) is 3.93. The SMILES string of the molecule is CC#CC#CC#C/C=C/CCC(C)CC.CC#CC#CC#C/C=C/CCC(C)CCC.CC#CC#CC#CC#CCCC(C)CC.CC#CC#CC#CC#CCCC(C)CC. The molecule has 0 rings (SSSR count). The van der Waals surface area contributed by atoms with Gasteiger partial charge in [-0.05, 0) is 220 Å². The topological polar surface area (TPSA) is 0 Å². The molecule has 314 valence electrons. The number of hydrogen-bond acceptors (Lipinski definition) is 0. The third kappa shape index (κ3) is 65.5. The average molecular weight is 803 g/mol. The van der Waals surface area contributed by atoms with Crippen molar-refractivity contribution in [3.63, 3.8) is 0 Å². The first-order chi connectivity index (χ1) is 29.7. The number of allylic oxidation sites excluding steroid dienone is 4. The molecular weight excluding hydrogens is 733 g/mol. The van der Waals surface area contributed by atoms with Crippen molar-refractivity contribution < 1.29 is 0 Å².